The first-order valence-corrected chi connectivity index (χ1v) is 6.42. The maximum absolute atomic E-state index is 11.7. The normalized spacial score (nSPS) is 10.2. The third-order valence-electron chi connectivity index (χ3n) is 2.50. The Morgan fingerprint density at radius 2 is 2.21 bits per heavy atom. The summed E-state index contributed by atoms with van der Waals surface area (Å²) in [6.07, 6.45) is 0.202. The van der Waals surface area contributed by atoms with Crippen molar-refractivity contribution in [3.05, 3.63) is 56.3 Å². The predicted octanol–water partition coefficient (Wildman–Crippen LogP) is 3.11. The van der Waals surface area contributed by atoms with E-state index in [0.29, 0.717) is 11.3 Å². The van der Waals surface area contributed by atoms with Gasteiger partial charge >= 0.3 is 5.97 Å². The summed E-state index contributed by atoms with van der Waals surface area (Å²) in [5, 5.41) is 12.6. The smallest absolute Gasteiger partial charge is 0.316 e. The molecule has 0 atom stereocenters. The summed E-state index contributed by atoms with van der Waals surface area (Å²) in [4.78, 5) is 22.8. The van der Waals surface area contributed by atoms with Gasteiger partial charge in [-0.05, 0) is 30.5 Å². The molecule has 2 rings (SSSR count). The third-order valence-corrected chi connectivity index (χ3v) is 3.37. The van der Waals surface area contributed by atoms with Gasteiger partial charge in [0.15, 0.2) is 0 Å². The largest absolute Gasteiger partial charge is 0.426 e. The van der Waals surface area contributed by atoms with Crippen LogP contribution in [0.25, 0.3) is 0 Å². The molecule has 0 aliphatic rings. The summed E-state index contributed by atoms with van der Waals surface area (Å²) in [6, 6.07) is 7.97. The van der Waals surface area contributed by atoms with Gasteiger partial charge in [-0.3, -0.25) is 14.9 Å². The standard InChI is InChI=1S/C13H11NO4S/c1-9-7-10(4-5-12(9)14(16)17)18-13(15)8-11-3-2-6-19-11/h2-7H,8H2,1H3. The second-order valence-corrected chi connectivity index (χ2v) is 4.97. The molecule has 1 aromatic heterocycles. The minimum atomic E-state index is -0.466. The van der Waals surface area contributed by atoms with Crippen molar-refractivity contribution in [3.8, 4) is 5.75 Å². The number of nitro groups is 1. The topological polar surface area (TPSA) is 69.4 Å². The van der Waals surface area contributed by atoms with Crippen LogP contribution in [0.3, 0.4) is 0 Å². The molecule has 0 bridgehead atoms. The van der Waals surface area contributed by atoms with Crippen LogP contribution >= 0.6 is 11.3 Å². The van der Waals surface area contributed by atoms with E-state index in [1.54, 1.807) is 6.92 Å². The molecule has 0 aliphatic carbocycles. The maximum Gasteiger partial charge on any atom is 0.316 e. The minimum absolute atomic E-state index is 0.0121. The lowest BCUT2D eigenvalue weighted by Gasteiger charge is -2.04. The Morgan fingerprint density at radius 3 is 2.79 bits per heavy atom. The van der Waals surface area contributed by atoms with Gasteiger partial charge in [0, 0.05) is 16.5 Å². The van der Waals surface area contributed by atoms with E-state index < -0.39 is 4.92 Å². The van der Waals surface area contributed by atoms with Crippen LogP contribution in [-0.2, 0) is 11.2 Å². The van der Waals surface area contributed by atoms with Gasteiger partial charge in [-0.1, -0.05) is 6.07 Å². The Bertz CT molecular complexity index is 607. The van der Waals surface area contributed by atoms with E-state index in [1.165, 1.54) is 29.5 Å². The van der Waals surface area contributed by atoms with Crippen molar-refractivity contribution in [2.45, 2.75) is 13.3 Å². The van der Waals surface area contributed by atoms with Crippen molar-refractivity contribution in [2.75, 3.05) is 0 Å². The quantitative estimate of drug-likeness (QED) is 0.372. The number of carbonyl (C=O) groups excluding carboxylic acids is 1. The van der Waals surface area contributed by atoms with Crippen LogP contribution in [0.15, 0.2) is 35.7 Å². The van der Waals surface area contributed by atoms with Crippen LogP contribution in [0, 0.1) is 17.0 Å². The third kappa shape index (κ3) is 3.38. The van der Waals surface area contributed by atoms with E-state index in [2.05, 4.69) is 0 Å². The number of benzene rings is 1. The summed E-state index contributed by atoms with van der Waals surface area (Å²) >= 11 is 1.48. The van der Waals surface area contributed by atoms with Gasteiger partial charge < -0.3 is 4.74 Å². The highest BCUT2D eigenvalue weighted by Crippen LogP contribution is 2.23. The van der Waals surface area contributed by atoms with Crippen molar-refractivity contribution in [1.29, 1.82) is 0 Å². The highest BCUT2D eigenvalue weighted by Gasteiger charge is 2.13. The lowest BCUT2D eigenvalue weighted by atomic mass is 10.2. The molecule has 0 spiro atoms. The van der Waals surface area contributed by atoms with Gasteiger partial charge in [-0.2, -0.15) is 0 Å². The lowest BCUT2D eigenvalue weighted by molar-refractivity contribution is -0.385. The first-order valence-electron chi connectivity index (χ1n) is 5.54. The number of nitro benzene ring substituents is 1. The molecular weight excluding hydrogens is 266 g/mol. The van der Waals surface area contributed by atoms with Crippen LogP contribution in [0.4, 0.5) is 5.69 Å². The van der Waals surface area contributed by atoms with Gasteiger partial charge in [0.05, 0.1) is 11.3 Å². The van der Waals surface area contributed by atoms with Crippen molar-refractivity contribution >= 4 is 23.0 Å². The van der Waals surface area contributed by atoms with Crippen LogP contribution in [-0.4, -0.2) is 10.9 Å². The lowest BCUT2D eigenvalue weighted by Crippen LogP contribution is -2.10. The Balaban J connectivity index is 2.05. The highest BCUT2D eigenvalue weighted by atomic mass is 32.1. The van der Waals surface area contributed by atoms with Crippen molar-refractivity contribution in [2.24, 2.45) is 0 Å². The Morgan fingerprint density at radius 1 is 1.42 bits per heavy atom. The van der Waals surface area contributed by atoms with Crippen LogP contribution in [0.2, 0.25) is 0 Å². The summed E-state index contributed by atoms with van der Waals surface area (Å²) in [5.74, 6) is -0.0552. The number of ether oxygens (including phenoxy) is 1. The zero-order valence-corrected chi connectivity index (χ0v) is 11.0. The molecule has 0 aliphatic heterocycles. The van der Waals surface area contributed by atoms with Gasteiger partial charge in [0.1, 0.15) is 5.75 Å². The van der Waals surface area contributed by atoms with E-state index in [1.807, 2.05) is 17.5 Å². The van der Waals surface area contributed by atoms with Crippen molar-refractivity contribution < 1.29 is 14.5 Å². The number of nitrogens with zero attached hydrogens (tertiary/aromatic N) is 1. The number of aryl methyl sites for hydroxylation is 1. The van der Waals surface area contributed by atoms with Gasteiger partial charge in [0.25, 0.3) is 5.69 Å². The Labute approximate surface area is 113 Å². The molecule has 98 valence electrons. The first-order chi connectivity index (χ1) is 9.06. The number of rotatable bonds is 4. The zero-order valence-electron chi connectivity index (χ0n) is 10.2. The molecule has 2 aromatic rings. The van der Waals surface area contributed by atoms with Crippen LogP contribution in [0.5, 0.6) is 5.75 Å². The van der Waals surface area contributed by atoms with Crippen molar-refractivity contribution in [3.63, 3.8) is 0 Å². The summed E-state index contributed by atoms with van der Waals surface area (Å²) in [7, 11) is 0. The summed E-state index contributed by atoms with van der Waals surface area (Å²) in [5.41, 5.74) is 0.476. The highest BCUT2D eigenvalue weighted by molar-refractivity contribution is 7.10. The zero-order chi connectivity index (χ0) is 13.8. The second-order valence-electron chi connectivity index (χ2n) is 3.94. The maximum atomic E-state index is 11.7. The molecule has 0 unspecified atom stereocenters. The summed E-state index contributed by atoms with van der Waals surface area (Å²) < 4.78 is 5.15. The van der Waals surface area contributed by atoms with Crippen LogP contribution in [0.1, 0.15) is 10.4 Å². The number of esters is 1. The average Bonchev–Trinajstić information content (AvgIpc) is 2.81. The molecule has 5 nitrogen and oxygen atoms in total. The molecule has 6 heteroatoms. The fourth-order valence-corrected chi connectivity index (χ4v) is 2.31. The number of hydrogen-bond donors (Lipinski definition) is 0. The molecule has 0 fully saturated rings. The van der Waals surface area contributed by atoms with Gasteiger partial charge in [0.2, 0.25) is 0 Å². The number of thiophene rings is 1. The minimum Gasteiger partial charge on any atom is -0.426 e. The van der Waals surface area contributed by atoms with Gasteiger partial charge in [-0.25, -0.2) is 0 Å². The second kappa shape index (κ2) is 5.62. The number of hydrogen-bond acceptors (Lipinski definition) is 5. The molecule has 0 amide bonds. The van der Waals surface area contributed by atoms with E-state index >= 15 is 0 Å². The molecule has 0 saturated carbocycles. The van der Waals surface area contributed by atoms with E-state index in [4.69, 9.17) is 4.74 Å². The fraction of sp³-hybridized carbons (Fsp3) is 0.154. The van der Waals surface area contributed by atoms with Gasteiger partial charge in [-0.15, -0.1) is 11.3 Å². The first kappa shape index (κ1) is 13.2. The molecular formula is C13H11NO4S. The molecule has 0 saturated heterocycles. The molecule has 0 radical (unpaired) electrons. The molecule has 1 aromatic carbocycles. The molecule has 1 heterocycles. The van der Waals surface area contributed by atoms with E-state index in [9.17, 15) is 14.9 Å². The Kier molecular flexibility index (Phi) is 3.91. The van der Waals surface area contributed by atoms with E-state index in [-0.39, 0.29) is 18.1 Å². The molecule has 19 heavy (non-hydrogen) atoms. The monoisotopic (exact) mass is 277 g/mol. The summed E-state index contributed by atoms with van der Waals surface area (Å²) in [6.45, 7) is 1.61. The number of carbonyl (C=O) groups is 1. The van der Waals surface area contributed by atoms with Crippen molar-refractivity contribution in [1.82, 2.24) is 0 Å². The Hall–Kier alpha value is -2.21. The SMILES string of the molecule is Cc1cc(OC(=O)Cc2cccs2)ccc1[N+](=O)[O-]. The van der Waals surface area contributed by atoms with Crippen LogP contribution < -0.4 is 4.74 Å². The predicted molar refractivity (Wildman–Crippen MR) is 71.5 cm³/mol. The average molecular weight is 277 g/mol. The fourth-order valence-electron chi connectivity index (χ4n) is 1.62. The van der Waals surface area contributed by atoms with E-state index in [0.717, 1.165) is 4.88 Å². The molecule has 0 N–H and O–H groups in total.